The molecule has 0 spiro atoms. The topological polar surface area (TPSA) is 3.24 Å². The zero-order valence-electron chi connectivity index (χ0n) is 10.2. The maximum absolute atomic E-state index is 2.55. The first-order chi connectivity index (χ1) is 6.17. The molecule has 80 valence electrons. The summed E-state index contributed by atoms with van der Waals surface area (Å²) in [4.78, 5) is 2.55. The average molecular weight is 185 g/mol. The van der Waals surface area contributed by atoms with E-state index < -0.39 is 0 Å². The third-order valence-corrected chi connectivity index (χ3v) is 3.70. The molecular weight excluding hydrogens is 158 g/mol. The first-order valence-corrected chi connectivity index (χ1v) is 5.90. The molecule has 0 saturated carbocycles. The van der Waals surface area contributed by atoms with Crippen molar-refractivity contribution in [1.82, 2.24) is 4.90 Å². The van der Waals surface area contributed by atoms with Gasteiger partial charge in [0.2, 0.25) is 0 Å². The highest BCUT2D eigenvalue weighted by molar-refractivity contribution is 4.78. The monoisotopic (exact) mass is 185 g/mol. The van der Waals surface area contributed by atoms with Crippen LogP contribution < -0.4 is 0 Å². The Balaban J connectivity index is 4.21. The van der Waals surface area contributed by atoms with Gasteiger partial charge < -0.3 is 4.90 Å². The molecule has 0 amide bonds. The molecule has 0 N–H and O–H groups in total. The summed E-state index contributed by atoms with van der Waals surface area (Å²) in [6.07, 6.45) is 3.95. The predicted molar refractivity (Wildman–Crippen MR) is 61.1 cm³/mol. The zero-order chi connectivity index (χ0) is 10.3. The minimum Gasteiger partial charge on any atom is -0.303 e. The maximum atomic E-state index is 2.55. The van der Waals surface area contributed by atoms with Gasteiger partial charge in [-0.1, -0.05) is 34.6 Å². The summed E-state index contributed by atoms with van der Waals surface area (Å²) in [5.41, 5.74) is 0.575. The van der Waals surface area contributed by atoms with E-state index in [1.165, 1.54) is 38.9 Å². The fourth-order valence-corrected chi connectivity index (χ4v) is 2.01. The first kappa shape index (κ1) is 13.0. The van der Waals surface area contributed by atoms with Crippen LogP contribution in [0.25, 0.3) is 0 Å². The van der Waals surface area contributed by atoms with E-state index in [9.17, 15) is 0 Å². The molecule has 0 bridgehead atoms. The lowest BCUT2D eigenvalue weighted by Gasteiger charge is -2.35. The van der Waals surface area contributed by atoms with Crippen molar-refractivity contribution in [3.63, 3.8) is 0 Å². The molecule has 1 nitrogen and oxygen atoms in total. The summed E-state index contributed by atoms with van der Waals surface area (Å²) < 4.78 is 0. The van der Waals surface area contributed by atoms with Gasteiger partial charge in [0.25, 0.3) is 0 Å². The van der Waals surface area contributed by atoms with E-state index in [0.29, 0.717) is 5.41 Å². The third-order valence-electron chi connectivity index (χ3n) is 3.70. The van der Waals surface area contributed by atoms with Gasteiger partial charge in [-0.05, 0) is 37.8 Å². The lowest BCUT2D eigenvalue weighted by Crippen LogP contribution is -2.36. The minimum absolute atomic E-state index is 0.575. The van der Waals surface area contributed by atoms with Gasteiger partial charge in [-0.2, -0.15) is 0 Å². The van der Waals surface area contributed by atoms with Crippen molar-refractivity contribution in [2.24, 2.45) is 5.41 Å². The molecule has 13 heavy (non-hydrogen) atoms. The Morgan fingerprint density at radius 2 is 1.15 bits per heavy atom. The SMILES string of the molecule is CCN(CC)CC(CC)(CC)CC. The van der Waals surface area contributed by atoms with Crippen molar-refractivity contribution in [2.45, 2.75) is 53.9 Å². The van der Waals surface area contributed by atoms with E-state index in [4.69, 9.17) is 0 Å². The largest absolute Gasteiger partial charge is 0.303 e. The smallest absolute Gasteiger partial charge is 0.00374 e. The van der Waals surface area contributed by atoms with E-state index in [1.54, 1.807) is 0 Å². The molecular formula is C12H27N. The van der Waals surface area contributed by atoms with Crippen LogP contribution in [0.5, 0.6) is 0 Å². The molecule has 0 fully saturated rings. The molecule has 0 aromatic rings. The van der Waals surface area contributed by atoms with E-state index >= 15 is 0 Å². The molecule has 0 radical (unpaired) electrons. The maximum Gasteiger partial charge on any atom is 0.00374 e. The predicted octanol–water partition coefficient (Wildman–Crippen LogP) is 3.54. The second-order valence-electron chi connectivity index (χ2n) is 4.02. The van der Waals surface area contributed by atoms with Crippen molar-refractivity contribution in [2.75, 3.05) is 19.6 Å². The fraction of sp³-hybridized carbons (Fsp3) is 1.00. The summed E-state index contributed by atoms with van der Waals surface area (Å²) >= 11 is 0. The van der Waals surface area contributed by atoms with Crippen LogP contribution >= 0.6 is 0 Å². The van der Waals surface area contributed by atoms with Crippen LogP contribution in [0.3, 0.4) is 0 Å². The molecule has 0 heterocycles. The lowest BCUT2D eigenvalue weighted by atomic mass is 9.79. The van der Waals surface area contributed by atoms with Gasteiger partial charge in [-0.3, -0.25) is 0 Å². The number of nitrogens with zero attached hydrogens (tertiary/aromatic N) is 1. The second-order valence-corrected chi connectivity index (χ2v) is 4.02. The zero-order valence-corrected chi connectivity index (χ0v) is 10.2. The summed E-state index contributed by atoms with van der Waals surface area (Å²) in [5.74, 6) is 0. The van der Waals surface area contributed by atoms with Gasteiger partial charge in [0.05, 0.1) is 0 Å². The molecule has 0 aromatic carbocycles. The van der Waals surface area contributed by atoms with Crippen LogP contribution in [0.4, 0.5) is 0 Å². The highest BCUT2D eigenvalue weighted by Crippen LogP contribution is 2.31. The van der Waals surface area contributed by atoms with Gasteiger partial charge >= 0.3 is 0 Å². The van der Waals surface area contributed by atoms with Crippen molar-refractivity contribution in [3.05, 3.63) is 0 Å². The molecule has 0 atom stereocenters. The van der Waals surface area contributed by atoms with Crippen molar-refractivity contribution in [3.8, 4) is 0 Å². The Morgan fingerprint density at radius 1 is 0.769 bits per heavy atom. The molecule has 0 aliphatic carbocycles. The van der Waals surface area contributed by atoms with Crippen LogP contribution in [0.15, 0.2) is 0 Å². The third kappa shape index (κ3) is 3.68. The first-order valence-electron chi connectivity index (χ1n) is 5.90. The average Bonchev–Trinajstić information content (AvgIpc) is 2.21. The molecule has 0 aliphatic rings. The van der Waals surface area contributed by atoms with Crippen LogP contribution in [0.1, 0.15) is 53.9 Å². The standard InChI is InChI=1S/C12H27N/c1-6-12(7-2,8-3)11-13(9-4)10-5/h6-11H2,1-5H3. The van der Waals surface area contributed by atoms with Crippen molar-refractivity contribution in [1.29, 1.82) is 0 Å². The molecule has 0 saturated heterocycles. The van der Waals surface area contributed by atoms with E-state index in [1.807, 2.05) is 0 Å². The van der Waals surface area contributed by atoms with Crippen LogP contribution in [-0.2, 0) is 0 Å². The molecule has 0 unspecified atom stereocenters. The molecule has 0 aliphatic heterocycles. The fourth-order valence-electron chi connectivity index (χ4n) is 2.01. The van der Waals surface area contributed by atoms with Gasteiger partial charge in [0.1, 0.15) is 0 Å². The molecule has 0 aromatic heterocycles. The summed E-state index contributed by atoms with van der Waals surface area (Å²) in [7, 11) is 0. The van der Waals surface area contributed by atoms with E-state index in [-0.39, 0.29) is 0 Å². The second kappa shape index (κ2) is 6.42. The lowest BCUT2D eigenvalue weighted by molar-refractivity contribution is 0.141. The van der Waals surface area contributed by atoms with Crippen LogP contribution in [0.2, 0.25) is 0 Å². The van der Waals surface area contributed by atoms with Crippen molar-refractivity contribution < 1.29 is 0 Å². The number of rotatable bonds is 7. The quantitative estimate of drug-likeness (QED) is 0.586. The van der Waals surface area contributed by atoms with Gasteiger partial charge in [0.15, 0.2) is 0 Å². The Morgan fingerprint density at radius 3 is 1.38 bits per heavy atom. The molecule has 0 rings (SSSR count). The minimum atomic E-state index is 0.575. The number of hydrogen-bond acceptors (Lipinski definition) is 1. The van der Waals surface area contributed by atoms with Gasteiger partial charge in [0, 0.05) is 6.54 Å². The Labute approximate surface area is 84.5 Å². The Bertz CT molecular complexity index is 104. The van der Waals surface area contributed by atoms with E-state index in [2.05, 4.69) is 39.5 Å². The Hall–Kier alpha value is -0.0400. The van der Waals surface area contributed by atoms with Gasteiger partial charge in [-0.25, -0.2) is 0 Å². The highest BCUT2D eigenvalue weighted by Gasteiger charge is 2.25. The summed E-state index contributed by atoms with van der Waals surface area (Å²) in [6, 6.07) is 0. The summed E-state index contributed by atoms with van der Waals surface area (Å²) in [6.45, 7) is 15.2. The Kier molecular flexibility index (Phi) is 6.40. The van der Waals surface area contributed by atoms with E-state index in [0.717, 1.165) is 0 Å². The highest BCUT2D eigenvalue weighted by atomic mass is 15.1. The normalized spacial score (nSPS) is 12.5. The number of hydrogen-bond donors (Lipinski definition) is 0. The van der Waals surface area contributed by atoms with Crippen LogP contribution in [0, 0.1) is 5.41 Å². The van der Waals surface area contributed by atoms with Gasteiger partial charge in [-0.15, -0.1) is 0 Å². The van der Waals surface area contributed by atoms with Crippen LogP contribution in [-0.4, -0.2) is 24.5 Å². The van der Waals surface area contributed by atoms with Crippen molar-refractivity contribution >= 4 is 0 Å². The molecule has 1 heteroatoms. The summed E-state index contributed by atoms with van der Waals surface area (Å²) in [5, 5.41) is 0.